The Morgan fingerprint density at radius 1 is 0.760 bits per heavy atom. The summed E-state index contributed by atoms with van der Waals surface area (Å²) in [4.78, 5) is 12.1. The Morgan fingerprint density at radius 3 is 1.76 bits per heavy atom. The Morgan fingerprint density at radius 2 is 1.24 bits per heavy atom. The summed E-state index contributed by atoms with van der Waals surface area (Å²) in [7, 11) is 6.23. The molecule has 0 unspecified atom stereocenters. The van der Waals surface area contributed by atoms with Gasteiger partial charge in [-0.15, -0.1) is 0 Å². The molecule has 0 aromatic heterocycles. The van der Waals surface area contributed by atoms with Crippen molar-refractivity contribution in [3.63, 3.8) is 0 Å². The molecule has 2 rings (SSSR count). The summed E-state index contributed by atoms with van der Waals surface area (Å²) in [5.41, 5.74) is 1.37. The van der Waals surface area contributed by atoms with Crippen LogP contribution < -0.4 is 29.6 Å². The van der Waals surface area contributed by atoms with Gasteiger partial charge in [0.1, 0.15) is 0 Å². The lowest BCUT2D eigenvalue weighted by molar-refractivity contribution is -0.114. The number of rotatable bonds is 8. The normalized spacial score (nSPS) is 9.92. The molecule has 1 amide bonds. The first-order valence-electron chi connectivity index (χ1n) is 7.59. The van der Waals surface area contributed by atoms with Crippen molar-refractivity contribution in [1.82, 2.24) is 0 Å². The van der Waals surface area contributed by atoms with Gasteiger partial charge in [-0.25, -0.2) is 0 Å². The van der Waals surface area contributed by atoms with Gasteiger partial charge in [0, 0.05) is 23.5 Å². The van der Waals surface area contributed by atoms with Gasteiger partial charge in [-0.05, 0) is 24.3 Å². The molecule has 134 valence electrons. The standard InChI is InChI=1S/C18H22N2O5/c1-22-14-7-5-12(9-16(14)24-3)19-11-18(21)20-13-6-8-15(23-2)17(10-13)25-4/h5-10,19H,11H2,1-4H3,(H,20,21). The van der Waals surface area contributed by atoms with Crippen molar-refractivity contribution >= 4 is 17.3 Å². The SMILES string of the molecule is COc1ccc(NCC(=O)Nc2ccc(OC)c(OC)c2)cc1OC. The van der Waals surface area contributed by atoms with Crippen LogP contribution in [0.2, 0.25) is 0 Å². The highest BCUT2D eigenvalue weighted by Gasteiger charge is 2.09. The van der Waals surface area contributed by atoms with Gasteiger partial charge in [0.2, 0.25) is 5.91 Å². The van der Waals surface area contributed by atoms with Crippen molar-refractivity contribution in [2.24, 2.45) is 0 Å². The first-order chi connectivity index (χ1) is 12.1. The van der Waals surface area contributed by atoms with E-state index in [4.69, 9.17) is 18.9 Å². The summed E-state index contributed by atoms with van der Waals surface area (Å²) in [5, 5.41) is 5.83. The third-order valence-electron chi connectivity index (χ3n) is 3.50. The van der Waals surface area contributed by atoms with Gasteiger partial charge in [0.25, 0.3) is 0 Å². The second kappa shape index (κ2) is 8.68. The summed E-state index contributed by atoms with van der Waals surface area (Å²) in [6.45, 7) is 0.101. The number of amides is 1. The molecule has 7 heteroatoms. The molecular weight excluding hydrogens is 324 g/mol. The van der Waals surface area contributed by atoms with E-state index in [1.54, 1.807) is 58.8 Å². The molecule has 2 N–H and O–H groups in total. The quantitative estimate of drug-likeness (QED) is 0.765. The van der Waals surface area contributed by atoms with E-state index in [9.17, 15) is 4.79 Å². The van der Waals surface area contributed by atoms with E-state index in [2.05, 4.69) is 10.6 Å². The molecule has 0 aliphatic heterocycles. The zero-order valence-electron chi connectivity index (χ0n) is 14.7. The highest BCUT2D eigenvalue weighted by Crippen LogP contribution is 2.30. The van der Waals surface area contributed by atoms with Crippen LogP contribution in [0.4, 0.5) is 11.4 Å². The highest BCUT2D eigenvalue weighted by molar-refractivity contribution is 5.94. The molecule has 0 saturated carbocycles. The van der Waals surface area contributed by atoms with Gasteiger partial charge >= 0.3 is 0 Å². The van der Waals surface area contributed by atoms with Gasteiger partial charge in [-0.3, -0.25) is 4.79 Å². The van der Waals surface area contributed by atoms with Crippen LogP contribution in [0.5, 0.6) is 23.0 Å². The monoisotopic (exact) mass is 346 g/mol. The Labute approximate surface area is 146 Å². The fraction of sp³-hybridized carbons (Fsp3) is 0.278. The molecule has 0 fully saturated rings. The topological polar surface area (TPSA) is 78.1 Å². The Kier molecular flexibility index (Phi) is 6.33. The predicted octanol–water partition coefficient (Wildman–Crippen LogP) is 2.77. The molecule has 2 aromatic carbocycles. The molecule has 0 aliphatic rings. The maximum absolute atomic E-state index is 12.1. The number of hydrogen-bond donors (Lipinski definition) is 2. The van der Waals surface area contributed by atoms with E-state index in [1.165, 1.54) is 0 Å². The number of carbonyl (C=O) groups excluding carboxylic acids is 1. The Bertz CT molecular complexity index is 733. The van der Waals surface area contributed by atoms with E-state index in [0.29, 0.717) is 28.7 Å². The Hall–Kier alpha value is -3.09. The number of anilines is 2. The minimum atomic E-state index is -0.193. The fourth-order valence-electron chi connectivity index (χ4n) is 2.25. The van der Waals surface area contributed by atoms with Crippen LogP contribution in [0.25, 0.3) is 0 Å². The van der Waals surface area contributed by atoms with Crippen molar-refractivity contribution in [3.05, 3.63) is 36.4 Å². The lowest BCUT2D eigenvalue weighted by Crippen LogP contribution is -2.21. The van der Waals surface area contributed by atoms with Crippen molar-refractivity contribution in [1.29, 1.82) is 0 Å². The largest absolute Gasteiger partial charge is 0.493 e. The molecule has 0 bridgehead atoms. The van der Waals surface area contributed by atoms with Crippen molar-refractivity contribution in [2.75, 3.05) is 45.6 Å². The summed E-state index contributed by atoms with van der Waals surface area (Å²) in [6, 6.07) is 10.5. The van der Waals surface area contributed by atoms with Gasteiger partial charge in [-0.2, -0.15) is 0 Å². The number of benzene rings is 2. The molecule has 2 aromatic rings. The van der Waals surface area contributed by atoms with E-state index in [1.807, 2.05) is 6.07 Å². The van der Waals surface area contributed by atoms with Crippen LogP contribution >= 0.6 is 0 Å². The number of nitrogens with one attached hydrogen (secondary N) is 2. The number of hydrogen-bond acceptors (Lipinski definition) is 6. The molecule has 0 atom stereocenters. The second-order valence-electron chi connectivity index (χ2n) is 5.04. The summed E-state index contributed by atoms with van der Waals surface area (Å²) >= 11 is 0. The lowest BCUT2D eigenvalue weighted by atomic mass is 10.2. The van der Waals surface area contributed by atoms with Crippen LogP contribution in [0.1, 0.15) is 0 Å². The van der Waals surface area contributed by atoms with E-state index in [0.717, 1.165) is 5.69 Å². The fourth-order valence-corrected chi connectivity index (χ4v) is 2.25. The first-order valence-corrected chi connectivity index (χ1v) is 7.59. The average molecular weight is 346 g/mol. The molecule has 0 heterocycles. The number of methoxy groups -OCH3 is 4. The minimum absolute atomic E-state index is 0.101. The number of ether oxygens (including phenoxy) is 4. The van der Waals surface area contributed by atoms with E-state index < -0.39 is 0 Å². The third-order valence-corrected chi connectivity index (χ3v) is 3.50. The molecule has 0 spiro atoms. The summed E-state index contributed by atoms with van der Waals surface area (Å²) in [5.74, 6) is 2.18. The van der Waals surface area contributed by atoms with Crippen LogP contribution in [0, 0.1) is 0 Å². The van der Waals surface area contributed by atoms with E-state index in [-0.39, 0.29) is 12.5 Å². The van der Waals surface area contributed by atoms with Crippen LogP contribution in [0.3, 0.4) is 0 Å². The highest BCUT2D eigenvalue weighted by atomic mass is 16.5. The average Bonchev–Trinajstić information content (AvgIpc) is 2.65. The number of carbonyl (C=O) groups is 1. The van der Waals surface area contributed by atoms with Crippen LogP contribution in [-0.2, 0) is 4.79 Å². The van der Waals surface area contributed by atoms with Crippen LogP contribution in [0.15, 0.2) is 36.4 Å². The van der Waals surface area contributed by atoms with Gasteiger partial charge in [0.05, 0.1) is 35.0 Å². The third kappa shape index (κ3) is 4.69. The smallest absolute Gasteiger partial charge is 0.243 e. The van der Waals surface area contributed by atoms with E-state index >= 15 is 0 Å². The summed E-state index contributed by atoms with van der Waals surface area (Å²) < 4.78 is 20.8. The molecule has 0 saturated heterocycles. The van der Waals surface area contributed by atoms with Crippen molar-refractivity contribution in [3.8, 4) is 23.0 Å². The minimum Gasteiger partial charge on any atom is -0.493 e. The van der Waals surface area contributed by atoms with Crippen molar-refractivity contribution < 1.29 is 23.7 Å². The maximum atomic E-state index is 12.1. The van der Waals surface area contributed by atoms with Crippen LogP contribution in [-0.4, -0.2) is 40.9 Å². The van der Waals surface area contributed by atoms with Crippen molar-refractivity contribution in [2.45, 2.75) is 0 Å². The summed E-state index contributed by atoms with van der Waals surface area (Å²) in [6.07, 6.45) is 0. The van der Waals surface area contributed by atoms with Gasteiger partial charge in [-0.1, -0.05) is 0 Å². The molecule has 7 nitrogen and oxygen atoms in total. The Balaban J connectivity index is 1.97. The lowest BCUT2D eigenvalue weighted by Gasteiger charge is -2.12. The zero-order valence-corrected chi connectivity index (χ0v) is 14.7. The van der Waals surface area contributed by atoms with Gasteiger partial charge in [0.15, 0.2) is 23.0 Å². The molecule has 0 aliphatic carbocycles. The molecular formula is C18H22N2O5. The second-order valence-corrected chi connectivity index (χ2v) is 5.04. The molecule has 0 radical (unpaired) electrons. The maximum Gasteiger partial charge on any atom is 0.243 e. The predicted molar refractivity (Wildman–Crippen MR) is 96.2 cm³/mol. The molecule has 25 heavy (non-hydrogen) atoms. The van der Waals surface area contributed by atoms with Gasteiger partial charge < -0.3 is 29.6 Å². The first kappa shape index (κ1) is 18.3. The zero-order chi connectivity index (χ0) is 18.2.